The van der Waals surface area contributed by atoms with Gasteiger partial charge in [0.05, 0.1) is 17.9 Å². The smallest absolute Gasteiger partial charge is 0.230 e. The summed E-state index contributed by atoms with van der Waals surface area (Å²) in [6.45, 7) is 6.61. The molecule has 1 unspecified atom stereocenters. The van der Waals surface area contributed by atoms with Gasteiger partial charge in [-0.2, -0.15) is 5.26 Å². The molecule has 1 saturated carbocycles. The number of carbonyl (C=O) groups is 1. The van der Waals surface area contributed by atoms with Crippen LogP contribution in [-0.4, -0.2) is 36.5 Å². The van der Waals surface area contributed by atoms with Gasteiger partial charge < -0.3 is 10.2 Å². The number of rotatable bonds is 5. The zero-order valence-electron chi connectivity index (χ0n) is 11.4. The van der Waals surface area contributed by atoms with E-state index < -0.39 is 0 Å². The maximum atomic E-state index is 12.9. The zero-order chi connectivity index (χ0) is 13.2. The number of carbonyl (C=O) groups excluding carboxylic acids is 1. The maximum absolute atomic E-state index is 12.9. The van der Waals surface area contributed by atoms with E-state index in [9.17, 15) is 4.79 Å². The Balaban J connectivity index is 2.13. The molecule has 2 fully saturated rings. The summed E-state index contributed by atoms with van der Waals surface area (Å²) in [7, 11) is 0. The van der Waals surface area contributed by atoms with Crippen molar-refractivity contribution in [2.45, 2.75) is 45.6 Å². The number of amides is 1. The zero-order valence-corrected chi connectivity index (χ0v) is 11.4. The molecule has 0 spiro atoms. The van der Waals surface area contributed by atoms with Gasteiger partial charge in [0.2, 0.25) is 5.91 Å². The van der Waals surface area contributed by atoms with Crippen molar-refractivity contribution in [2.24, 2.45) is 11.3 Å². The van der Waals surface area contributed by atoms with Crippen LogP contribution in [0.2, 0.25) is 0 Å². The average Bonchev–Trinajstić information content (AvgIpc) is 3.05. The Morgan fingerprint density at radius 3 is 2.72 bits per heavy atom. The van der Waals surface area contributed by atoms with E-state index in [1.807, 2.05) is 4.90 Å². The molecule has 0 bridgehead atoms. The van der Waals surface area contributed by atoms with E-state index in [2.05, 4.69) is 25.2 Å². The Kier molecular flexibility index (Phi) is 3.91. The van der Waals surface area contributed by atoms with E-state index in [4.69, 9.17) is 5.26 Å². The molecular weight excluding hydrogens is 226 g/mol. The van der Waals surface area contributed by atoms with Crippen molar-refractivity contribution < 1.29 is 4.79 Å². The van der Waals surface area contributed by atoms with Gasteiger partial charge in [-0.25, -0.2) is 0 Å². The van der Waals surface area contributed by atoms with Gasteiger partial charge in [-0.3, -0.25) is 4.79 Å². The second kappa shape index (κ2) is 5.27. The molecule has 2 aliphatic rings. The SMILES string of the molecule is CC(C)C1(C(=O)N(CCC#N)C2CC2)CCNC1. The van der Waals surface area contributed by atoms with E-state index in [0.717, 1.165) is 32.4 Å². The van der Waals surface area contributed by atoms with Gasteiger partial charge in [0, 0.05) is 19.1 Å². The Morgan fingerprint density at radius 1 is 1.56 bits per heavy atom. The minimum Gasteiger partial charge on any atom is -0.338 e. The Morgan fingerprint density at radius 2 is 2.28 bits per heavy atom. The van der Waals surface area contributed by atoms with Gasteiger partial charge in [-0.05, 0) is 31.7 Å². The van der Waals surface area contributed by atoms with Crippen LogP contribution in [0.25, 0.3) is 0 Å². The predicted octanol–water partition coefficient (Wildman–Crippen LogP) is 1.53. The molecular formula is C14H23N3O. The molecule has 4 nitrogen and oxygen atoms in total. The first-order valence-corrected chi connectivity index (χ1v) is 7.00. The maximum Gasteiger partial charge on any atom is 0.230 e. The quantitative estimate of drug-likeness (QED) is 0.804. The van der Waals surface area contributed by atoms with E-state index in [1.54, 1.807) is 0 Å². The minimum absolute atomic E-state index is 0.238. The molecule has 4 heteroatoms. The molecule has 1 aliphatic heterocycles. The van der Waals surface area contributed by atoms with Gasteiger partial charge >= 0.3 is 0 Å². The molecule has 18 heavy (non-hydrogen) atoms. The van der Waals surface area contributed by atoms with Crippen LogP contribution in [-0.2, 0) is 4.79 Å². The van der Waals surface area contributed by atoms with Crippen LogP contribution >= 0.6 is 0 Å². The summed E-state index contributed by atoms with van der Waals surface area (Å²) in [6.07, 6.45) is 3.60. The third-order valence-corrected chi connectivity index (χ3v) is 4.43. The highest BCUT2D eigenvalue weighted by molar-refractivity contribution is 5.84. The first kappa shape index (κ1) is 13.4. The molecule has 100 valence electrons. The third-order valence-electron chi connectivity index (χ3n) is 4.43. The van der Waals surface area contributed by atoms with Crippen LogP contribution in [0.15, 0.2) is 0 Å². The van der Waals surface area contributed by atoms with Crippen molar-refractivity contribution in [3.05, 3.63) is 0 Å². The van der Waals surface area contributed by atoms with E-state index in [1.165, 1.54) is 0 Å². The summed E-state index contributed by atoms with van der Waals surface area (Å²) in [5, 5.41) is 12.1. The Bertz CT molecular complexity index is 349. The molecule has 1 N–H and O–H groups in total. The second-order valence-electron chi connectivity index (χ2n) is 5.88. The summed E-state index contributed by atoms with van der Waals surface area (Å²) in [4.78, 5) is 14.9. The van der Waals surface area contributed by atoms with Crippen LogP contribution in [0.3, 0.4) is 0 Å². The fourth-order valence-corrected chi connectivity index (χ4v) is 2.93. The van der Waals surface area contributed by atoms with Crippen molar-refractivity contribution in [1.82, 2.24) is 10.2 Å². The largest absolute Gasteiger partial charge is 0.338 e. The number of nitriles is 1. The van der Waals surface area contributed by atoms with Crippen LogP contribution < -0.4 is 5.32 Å². The molecule has 0 aromatic rings. The lowest BCUT2D eigenvalue weighted by Gasteiger charge is -2.36. The minimum atomic E-state index is -0.238. The monoisotopic (exact) mass is 249 g/mol. The lowest BCUT2D eigenvalue weighted by Crippen LogP contribution is -2.49. The van der Waals surface area contributed by atoms with E-state index in [0.29, 0.717) is 24.9 Å². The standard InChI is InChI=1S/C14H23N3O/c1-11(2)14(6-8-16-10-14)13(18)17(9-3-7-15)12-4-5-12/h11-12,16H,3-6,8-10H2,1-2H3. The lowest BCUT2D eigenvalue weighted by molar-refractivity contribution is -0.144. The number of hydrogen-bond donors (Lipinski definition) is 1. The number of nitrogens with one attached hydrogen (secondary N) is 1. The van der Waals surface area contributed by atoms with Gasteiger partial charge in [-0.1, -0.05) is 13.8 Å². The summed E-state index contributed by atoms with van der Waals surface area (Å²) in [5.41, 5.74) is -0.238. The van der Waals surface area contributed by atoms with Crippen LogP contribution in [0.4, 0.5) is 0 Å². The molecule has 1 aliphatic carbocycles. The lowest BCUT2D eigenvalue weighted by atomic mass is 9.75. The summed E-state index contributed by atoms with van der Waals surface area (Å²) in [6, 6.07) is 2.56. The molecule has 1 heterocycles. The van der Waals surface area contributed by atoms with E-state index >= 15 is 0 Å². The van der Waals surface area contributed by atoms with Crippen molar-refractivity contribution in [3.63, 3.8) is 0 Å². The molecule has 0 radical (unpaired) electrons. The van der Waals surface area contributed by atoms with Crippen LogP contribution in [0.5, 0.6) is 0 Å². The van der Waals surface area contributed by atoms with Gasteiger partial charge in [0.1, 0.15) is 0 Å². The first-order valence-electron chi connectivity index (χ1n) is 7.00. The summed E-state index contributed by atoms with van der Waals surface area (Å²) in [5.74, 6) is 0.628. The van der Waals surface area contributed by atoms with Gasteiger partial charge in [0.15, 0.2) is 0 Å². The number of hydrogen-bond acceptors (Lipinski definition) is 3. The topological polar surface area (TPSA) is 56.1 Å². The number of nitrogens with zero attached hydrogens (tertiary/aromatic N) is 2. The molecule has 0 aromatic carbocycles. The van der Waals surface area contributed by atoms with Gasteiger partial charge in [-0.15, -0.1) is 0 Å². The van der Waals surface area contributed by atoms with Crippen molar-refractivity contribution in [1.29, 1.82) is 5.26 Å². The van der Waals surface area contributed by atoms with E-state index in [-0.39, 0.29) is 11.3 Å². The summed E-state index contributed by atoms with van der Waals surface area (Å²) >= 11 is 0. The highest BCUT2D eigenvalue weighted by Gasteiger charge is 2.48. The highest BCUT2D eigenvalue weighted by Crippen LogP contribution is 2.39. The first-order chi connectivity index (χ1) is 8.62. The second-order valence-corrected chi connectivity index (χ2v) is 5.88. The fourth-order valence-electron chi connectivity index (χ4n) is 2.93. The normalized spacial score (nSPS) is 27.2. The van der Waals surface area contributed by atoms with Gasteiger partial charge in [0.25, 0.3) is 0 Å². The molecule has 1 atom stereocenters. The van der Waals surface area contributed by atoms with Crippen molar-refractivity contribution in [3.8, 4) is 6.07 Å². The van der Waals surface area contributed by atoms with Crippen LogP contribution in [0.1, 0.15) is 39.5 Å². The Labute approximate surface area is 109 Å². The highest BCUT2D eigenvalue weighted by atomic mass is 16.2. The molecule has 1 amide bonds. The van der Waals surface area contributed by atoms with Crippen molar-refractivity contribution in [2.75, 3.05) is 19.6 Å². The Hall–Kier alpha value is -1.08. The fraction of sp³-hybridized carbons (Fsp3) is 0.857. The van der Waals surface area contributed by atoms with Crippen molar-refractivity contribution >= 4 is 5.91 Å². The van der Waals surface area contributed by atoms with Crippen LogP contribution in [0, 0.1) is 22.7 Å². The predicted molar refractivity (Wildman–Crippen MR) is 69.7 cm³/mol. The average molecular weight is 249 g/mol. The molecule has 0 aromatic heterocycles. The molecule has 2 rings (SSSR count). The summed E-state index contributed by atoms with van der Waals surface area (Å²) < 4.78 is 0. The molecule has 1 saturated heterocycles. The third kappa shape index (κ3) is 2.37.